The highest BCUT2D eigenvalue weighted by Gasteiger charge is 2.43. The molecule has 1 aliphatic heterocycles. The Kier molecular flexibility index (Phi) is 7.02. The summed E-state index contributed by atoms with van der Waals surface area (Å²) in [7, 11) is 3.69. The number of aliphatic imine (C=N–C) groups is 1. The summed E-state index contributed by atoms with van der Waals surface area (Å²) in [6.07, 6.45) is 4.12. The molecule has 0 fully saturated rings. The van der Waals surface area contributed by atoms with Gasteiger partial charge in [0.1, 0.15) is 5.75 Å². The zero-order valence-electron chi connectivity index (χ0n) is 17.0. The lowest BCUT2D eigenvalue weighted by molar-refractivity contribution is -0.104. The predicted molar refractivity (Wildman–Crippen MR) is 112 cm³/mol. The molecular formula is C22H30N2O4. The van der Waals surface area contributed by atoms with E-state index in [2.05, 4.69) is 9.89 Å². The molecule has 2 rings (SSSR count). The first kappa shape index (κ1) is 21.7. The first-order valence-electron chi connectivity index (χ1n) is 9.51. The second-order valence-electron chi connectivity index (χ2n) is 7.32. The van der Waals surface area contributed by atoms with E-state index in [0.29, 0.717) is 25.5 Å². The van der Waals surface area contributed by atoms with E-state index in [4.69, 9.17) is 0 Å². The Hall–Kier alpha value is -2.60. The molecule has 0 saturated carbocycles. The van der Waals surface area contributed by atoms with E-state index in [0.717, 1.165) is 35.3 Å². The highest BCUT2D eigenvalue weighted by molar-refractivity contribution is 6.02. The van der Waals surface area contributed by atoms with Crippen LogP contribution in [0, 0.1) is 0 Å². The Labute approximate surface area is 166 Å². The van der Waals surface area contributed by atoms with Gasteiger partial charge >= 0.3 is 0 Å². The molecule has 1 aromatic rings. The number of hydrogen-bond donors (Lipinski definition) is 3. The number of phenolic OH excluding ortho intramolecular Hbond substituents is 1. The number of rotatable bonds is 7. The van der Waals surface area contributed by atoms with E-state index in [1.54, 1.807) is 32.2 Å². The number of aldehydes is 1. The van der Waals surface area contributed by atoms with Gasteiger partial charge in [-0.25, -0.2) is 0 Å². The minimum Gasteiger partial charge on any atom is -0.515 e. The van der Waals surface area contributed by atoms with Crippen LogP contribution in [-0.2, 0) is 10.2 Å². The Morgan fingerprint density at radius 1 is 1.43 bits per heavy atom. The smallest absolute Gasteiger partial charge is 0.153 e. The van der Waals surface area contributed by atoms with Crippen molar-refractivity contribution < 1.29 is 20.1 Å². The van der Waals surface area contributed by atoms with Gasteiger partial charge < -0.3 is 20.2 Å². The molecule has 1 aromatic carbocycles. The van der Waals surface area contributed by atoms with E-state index < -0.39 is 11.5 Å². The van der Waals surface area contributed by atoms with Crippen molar-refractivity contribution in [3.05, 3.63) is 47.2 Å². The lowest BCUT2D eigenvalue weighted by Crippen LogP contribution is -2.47. The second-order valence-corrected chi connectivity index (χ2v) is 7.32. The molecular weight excluding hydrogens is 356 g/mol. The lowest BCUT2D eigenvalue weighted by Gasteiger charge is -2.45. The topological polar surface area (TPSA) is 93.4 Å². The fourth-order valence-corrected chi connectivity index (χ4v) is 3.97. The molecule has 6 nitrogen and oxygen atoms in total. The van der Waals surface area contributed by atoms with Crippen LogP contribution in [0.25, 0.3) is 0 Å². The normalized spacial score (nSPS) is 22.0. The maximum Gasteiger partial charge on any atom is 0.153 e. The molecule has 0 spiro atoms. The largest absolute Gasteiger partial charge is 0.515 e. The number of benzene rings is 1. The van der Waals surface area contributed by atoms with E-state index in [1.165, 1.54) is 0 Å². The van der Waals surface area contributed by atoms with Crippen LogP contribution in [0.5, 0.6) is 5.75 Å². The van der Waals surface area contributed by atoms with Crippen molar-refractivity contribution in [2.75, 3.05) is 25.5 Å². The molecule has 0 aliphatic carbocycles. The van der Waals surface area contributed by atoms with E-state index in [1.807, 2.05) is 20.0 Å². The first-order chi connectivity index (χ1) is 13.3. The highest BCUT2D eigenvalue weighted by Crippen LogP contribution is 2.46. The van der Waals surface area contributed by atoms with E-state index in [9.17, 15) is 20.1 Å². The number of hydrogen-bond acceptors (Lipinski definition) is 6. The third-order valence-corrected chi connectivity index (χ3v) is 5.75. The molecule has 2 unspecified atom stereocenters. The summed E-state index contributed by atoms with van der Waals surface area (Å²) in [6.45, 7) is 4.49. The summed E-state index contributed by atoms with van der Waals surface area (Å²) in [5.41, 5.74) is 3.02. The molecule has 2 atom stereocenters. The standard InChI is InChI=1S/C22H30N2O4/c1-5-17(10-16(13-25)14-26)20(23-3)12-22(15(2)27)8-9-24(4)21-7-6-18(28)11-19(21)22/h6-7,10-11,13-15,25,27-28H,5,8-9,12H2,1-4H3. The number of anilines is 1. The summed E-state index contributed by atoms with van der Waals surface area (Å²) < 4.78 is 0. The van der Waals surface area contributed by atoms with Crippen molar-refractivity contribution in [2.45, 2.75) is 44.6 Å². The van der Waals surface area contributed by atoms with Crippen molar-refractivity contribution in [3.63, 3.8) is 0 Å². The summed E-state index contributed by atoms with van der Waals surface area (Å²) in [5, 5.41) is 30.2. The molecule has 1 heterocycles. The molecule has 3 N–H and O–H groups in total. The maximum absolute atomic E-state index is 11.1. The summed E-state index contributed by atoms with van der Waals surface area (Å²) in [5.74, 6) is 0.159. The van der Waals surface area contributed by atoms with Gasteiger partial charge in [0.2, 0.25) is 0 Å². The van der Waals surface area contributed by atoms with Crippen LogP contribution < -0.4 is 4.90 Å². The second kappa shape index (κ2) is 9.06. The quantitative estimate of drug-likeness (QED) is 0.220. The van der Waals surface area contributed by atoms with Crippen LogP contribution in [0.4, 0.5) is 5.69 Å². The molecule has 0 aromatic heterocycles. The average molecular weight is 386 g/mol. The van der Waals surface area contributed by atoms with Gasteiger partial charge in [-0.2, -0.15) is 0 Å². The van der Waals surface area contributed by atoms with Crippen molar-refractivity contribution in [2.24, 2.45) is 4.99 Å². The Bertz CT molecular complexity index is 811. The predicted octanol–water partition coefficient (Wildman–Crippen LogP) is 3.29. The number of aromatic hydroxyl groups is 1. The lowest BCUT2D eigenvalue weighted by atomic mass is 9.66. The Morgan fingerprint density at radius 2 is 2.14 bits per heavy atom. The zero-order chi connectivity index (χ0) is 20.9. The van der Waals surface area contributed by atoms with Crippen molar-refractivity contribution in [1.82, 2.24) is 0 Å². The summed E-state index contributed by atoms with van der Waals surface area (Å²) in [6, 6.07) is 5.26. The highest BCUT2D eigenvalue weighted by atomic mass is 16.3. The number of carbonyl (C=O) groups excluding carboxylic acids is 1. The third kappa shape index (κ3) is 4.12. The van der Waals surface area contributed by atoms with E-state index in [-0.39, 0.29) is 11.3 Å². The van der Waals surface area contributed by atoms with Gasteiger partial charge in [0.25, 0.3) is 0 Å². The number of carbonyl (C=O) groups is 1. The molecule has 1 aliphatic rings. The van der Waals surface area contributed by atoms with Gasteiger partial charge in [-0.05, 0) is 55.2 Å². The van der Waals surface area contributed by atoms with Crippen molar-refractivity contribution in [3.8, 4) is 5.75 Å². The van der Waals surface area contributed by atoms with Crippen LogP contribution in [0.2, 0.25) is 0 Å². The Morgan fingerprint density at radius 3 is 2.68 bits per heavy atom. The fourth-order valence-electron chi connectivity index (χ4n) is 3.97. The van der Waals surface area contributed by atoms with Gasteiger partial charge in [-0.15, -0.1) is 0 Å². The molecule has 0 saturated heterocycles. The molecule has 6 heteroatoms. The number of phenols is 1. The SMILES string of the molecule is CCC(=CC(C=O)=CO)C(CC1(C(C)O)CCN(C)c2ccc(O)cc21)=NC. The minimum absolute atomic E-state index is 0.159. The summed E-state index contributed by atoms with van der Waals surface area (Å²) >= 11 is 0. The van der Waals surface area contributed by atoms with Crippen molar-refractivity contribution in [1.29, 1.82) is 0 Å². The van der Waals surface area contributed by atoms with Crippen LogP contribution in [0.1, 0.15) is 38.7 Å². The van der Waals surface area contributed by atoms with Crippen LogP contribution in [-0.4, -0.2) is 54.1 Å². The first-order valence-corrected chi connectivity index (χ1v) is 9.51. The van der Waals surface area contributed by atoms with Crippen LogP contribution in [0.15, 0.2) is 46.7 Å². The summed E-state index contributed by atoms with van der Waals surface area (Å²) in [4.78, 5) is 17.7. The van der Waals surface area contributed by atoms with Gasteiger partial charge in [-0.3, -0.25) is 9.79 Å². The Balaban J connectivity index is 2.57. The monoisotopic (exact) mass is 386 g/mol. The van der Waals surface area contributed by atoms with Gasteiger partial charge in [0, 0.05) is 49.4 Å². The third-order valence-electron chi connectivity index (χ3n) is 5.75. The number of nitrogens with zero attached hydrogens (tertiary/aromatic N) is 2. The number of allylic oxidation sites excluding steroid dienone is 3. The average Bonchev–Trinajstić information content (AvgIpc) is 2.69. The van der Waals surface area contributed by atoms with E-state index >= 15 is 0 Å². The van der Waals surface area contributed by atoms with Gasteiger partial charge in [0.15, 0.2) is 6.29 Å². The number of aliphatic hydroxyl groups is 2. The molecule has 0 radical (unpaired) electrons. The molecule has 0 bridgehead atoms. The van der Waals surface area contributed by atoms with Crippen molar-refractivity contribution >= 4 is 17.7 Å². The number of fused-ring (bicyclic) bond motifs is 1. The van der Waals surface area contributed by atoms with Crippen LogP contribution in [0.3, 0.4) is 0 Å². The maximum atomic E-state index is 11.1. The zero-order valence-corrected chi connectivity index (χ0v) is 17.0. The van der Waals surface area contributed by atoms with Gasteiger partial charge in [-0.1, -0.05) is 6.92 Å². The number of aliphatic hydroxyl groups excluding tert-OH is 2. The fraction of sp³-hybridized carbons (Fsp3) is 0.455. The molecule has 28 heavy (non-hydrogen) atoms. The van der Waals surface area contributed by atoms with Gasteiger partial charge in [0.05, 0.1) is 12.4 Å². The molecule has 152 valence electrons. The molecule has 0 amide bonds. The van der Waals surface area contributed by atoms with Crippen LogP contribution >= 0.6 is 0 Å². The minimum atomic E-state index is -0.671.